The minimum atomic E-state index is 0.509. The summed E-state index contributed by atoms with van der Waals surface area (Å²) in [4.78, 5) is 2.35. The number of nitrogens with zero attached hydrogens (tertiary/aromatic N) is 2. The Kier molecular flexibility index (Phi) is 4.53. The van der Waals surface area contributed by atoms with Crippen LogP contribution in [0.1, 0.15) is 24.3 Å². The van der Waals surface area contributed by atoms with Gasteiger partial charge >= 0.3 is 0 Å². The van der Waals surface area contributed by atoms with Gasteiger partial charge in [0.1, 0.15) is 6.61 Å². The number of nitrogens with one attached hydrogen (secondary N) is 1. The number of likely N-dealkylation sites (N-methyl/N-ethyl adjacent to an activating group) is 1. The van der Waals surface area contributed by atoms with E-state index in [9.17, 15) is 0 Å². The zero-order valence-electron chi connectivity index (χ0n) is 10.6. The molecule has 1 aromatic heterocycles. The molecule has 5 nitrogen and oxygen atoms in total. The Labute approximate surface area is 102 Å². The Balaban J connectivity index is 1.60. The second-order valence-corrected chi connectivity index (χ2v) is 4.58. The molecule has 1 aliphatic carbocycles. The maximum Gasteiger partial charge on any atom is 0.162 e. The van der Waals surface area contributed by atoms with Crippen molar-refractivity contribution in [3.05, 3.63) is 17.5 Å². The zero-order valence-corrected chi connectivity index (χ0v) is 10.6. The molecule has 1 heterocycles. The van der Waals surface area contributed by atoms with Crippen LogP contribution in [-0.4, -0.2) is 43.3 Å². The number of aromatic nitrogens is 1. The summed E-state index contributed by atoms with van der Waals surface area (Å²) in [6, 6.07) is 2.73. The van der Waals surface area contributed by atoms with Crippen molar-refractivity contribution in [1.29, 1.82) is 0 Å². The van der Waals surface area contributed by atoms with E-state index < -0.39 is 0 Å². The fraction of sp³-hybridized carbons (Fsp3) is 0.750. The van der Waals surface area contributed by atoms with E-state index in [1.54, 1.807) is 0 Å². The molecule has 17 heavy (non-hydrogen) atoms. The lowest BCUT2D eigenvalue weighted by Crippen LogP contribution is -2.25. The van der Waals surface area contributed by atoms with Crippen LogP contribution in [0.4, 0.5) is 0 Å². The SMILES string of the molecule is CNCc1cc(COCCN(C)C2CC2)on1. The van der Waals surface area contributed by atoms with Gasteiger partial charge in [-0.25, -0.2) is 0 Å². The van der Waals surface area contributed by atoms with Crippen molar-refractivity contribution >= 4 is 0 Å². The highest BCUT2D eigenvalue weighted by Crippen LogP contribution is 2.24. The first-order valence-electron chi connectivity index (χ1n) is 6.16. The largest absolute Gasteiger partial charge is 0.372 e. The van der Waals surface area contributed by atoms with E-state index in [0.29, 0.717) is 6.61 Å². The molecule has 5 heteroatoms. The van der Waals surface area contributed by atoms with Crippen LogP contribution in [0, 0.1) is 0 Å². The molecular formula is C12H21N3O2. The van der Waals surface area contributed by atoms with Gasteiger partial charge in [-0.2, -0.15) is 0 Å². The Morgan fingerprint density at radius 3 is 3.12 bits per heavy atom. The molecule has 0 unspecified atom stereocenters. The Hall–Kier alpha value is -0.910. The van der Waals surface area contributed by atoms with Gasteiger partial charge in [-0.05, 0) is 26.9 Å². The third-order valence-electron chi connectivity index (χ3n) is 2.97. The van der Waals surface area contributed by atoms with E-state index in [1.165, 1.54) is 12.8 Å². The summed E-state index contributed by atoms with van der Waals surface area (Å²) in [6.45, 7) is 2.97. The smallest absolute Gasteiger partial charge is 0.162 e. The van der Waals surface area contributed by atoms with Crippen LogP contribution in [0.2, 0.25) is 0 Å². The van der Waals surface area contributed by atoms with Gasteiger partial charge < -0.3 is 19.5 Å². The van der Waals surface area contributed by atoms with E-state index >= 15 is 0 Å². The Morgan fingerprint density at radius 1 is 1.59 bits per heavy atom. The molecular weight excluding hydrogens is 218 g/mol. The van der Waals surface area contributed by atoms with Crippen molar-refractivity contribution in [2.75, 3.05) is 27.2 Å². The van der Waals surface area contributed by atoms with Crippen LogP contribution in [-0.2, 0) is 17.9 Å². The maximum absolute atomic E-state index is 5.56. The Morgan fingerprint density at radius 2 is 2.41 bits per heavy atom. The first-order chi connectivity index (χ1) is 8.29. The summed E-state index contributed by atoms with van der Waals surface area (Å²) >= 11 is 0. The normalized spacial score (nSPS) is 15.7. The minimum Gasteiger partial charge on any atom is -0.372 e. The fourth-order valence-corrected chi connectivity index (χ4v) is 1.77. The summed E-state index contributed by atoms with van der Waals surface area (Å²) in [5, 5.41) is 6.96. The number of hydrogen-bond acceptors (Lipinski definition) is 5. The molecule has 1 saturated carbocycles. The molecule has 0 radical (unpaired) electrons. The third kappa shape index (κ3) is 4.11. The summed E-state index contributed by atoms with van der Waals surface area (Å²) in [5.74, 6) is 0.796. The van der Waals surface area contributed by atoms with Crippen LogP contribution < -0.4 is 5.32 Å². The van der Waals surface area contributed by atoms with E-state index in [2.05, 4.69) is 22.4 Å². The van der Waals surface area contributed by atoms with Gasteiger partial charge in [0.25, 0.3) is 0 Å². The van der Waals surface area contributed by atoms with Gasteiger partial charge in [0, 0.05) is 25.2 Å². The number of hydrogen-bond donors (Lipinski definition) is 1. The predicted octanol–water partition coefficient (Wildman–Crippen LogP) is 1.00. The zero-order chi connectivity index (χ0) is 12.1. The van der Waals surface area contributed by atoms with Gasteiger partial charge in [0.15, 0.2) is 5.76 Å². The Bertz CT molecular complexity index is 336. The summed E-state index contributed by atoms with van der Waals surface area (Å²) in [6.07, 6.45) is 2.68. The van der Waals surface area contributed by atoms with Crippen molar-refractivity contribution in [3.63, 3.8) is 0 Å². The first kappa shape index (κ1) is 12.5. The van der Waals surface area contributed by atoms with E-state index in [1.807, 2.05) is 13.1 Å². The molecule has 1 aromatic rings. The molecule has 0 aromatic carbocycles. The highest BCUT2D eigenvalue weighted by molar-refractivity contribution is 5.03. The van der Waals surface area contributed by atoms with Crippen molar-refractivity contribution in [2.24, 2.45) is 0 Å². The molecule has 0 saturated heterocycles. The van der Waals surface area contributed by atoms with Crippen LogP contribution in [0.5, 0.6) is 0 Å². The van der Waals surface area contributed by atoms with Gasteiger partial charge in [0.05, 0.1) is 12.3 Å². The molecule has 1 fully saturated rings. The van der Waals surface area contributed by atoms with Crippen LogP contribution in [0.15, 0.2) is 10.6 Å². The first-order valence-corrected chi connectivity index (χ1v) is 6.16. The summed E-state index contributed by atoms with van der Waals surface area (Å²) in [7, 11) is 4.04. The molecule has 0 atom stereocenters. The highest BCUT2D eigenvalue weighted by Gasteiger charge is 2.25. The average Bonchev–Trinajstić information content (AvgIpc) is 3.08. The molecule has 0 aliphatic heterocycles. The van der Waals surface area contributed by atoms with Crippen LogP contribution in [0.25, 0.3) is 0 Å². The van der Waals surface area contributed by atoms with Crippen molar-refractivity contribution in [3.8, 4) is 0 Å². The van der Waals surface area contributed by atoms with Crippen LogP contribution in [0.3, 0.4) is 0 Å². The molecule has 1 N–H and O–H groups in total. The standard InChI is InChI=1S/C12H21N3O2/c1-13-8-10-7-12(17-14-10)9-16-6-5-15(2)11-3-4-11/h7,11,13H,3-6,8-9H2,1-2H3. The highest BCUT2D eigenvalue weighted by atomic mass is 16.5. The van der Waals surface area contributed by atoms with E-state index in [0.717, 1.165) is 37.2 Å². The molecule has 0 bridgehead atoms. The van der Waals surface area contributed by atoms with Gasteiger partial charge in [0.2, 0.25) is 0 Å². The van der Waals surface area contributed by atoms with Gasteiger partial charge in [-0.1, -0.05) is 5.16 Å². The lowest BCUT2D eigenvalue weighted by Gasteiger charge is -2.14. The van der Waals surface area contributed by atoms with Gasteiger partial charge in [-0.3, -0.25) is 0 Å². The number of ether oxygens (including phenoxy) is 1. The number of rotatable bonds is 8. The molecule has 0 amide bonds. The summed E-state index contributed by atoms with van der Waals surface area (Å²) < 4.78 is 10.7. The van der Waals surface area contributed by atoms with E-state index in [-0.39, 0.29) is 0 Å². The lowest BCUT2D eigenvalue weighted by atomic mass is 10.4. The topological polar surface area (TPSA) is 50.5 Å². The molecule has 0 spiro atoms. The third-order valence-corrected chi connectivity index (χ3v) is 2.97. The molecule has 1 aliphatic rings. The molecule has 96 valence electrons. The van der Waals surface area contributed by atoms with E-state index in [4.69, 9.17) is 9.26 Å². The van der Waals surface area contributed by atoms with Crippen molar-refractivity contribution < 1.29 is 9.26 Å². The summed E-state index contributed by atoms with van der Waals surface area (Å²) in [5.41, 5.74) is 0.918. The minimum absolute atomic E-state index is 0.509. The average molecular weight is 239 g/mol. The monoisotopic (exact) mass is 239 g/mol. The second-order valence-electron chi connectivity index (χ2n) is 4.58. The maximum atomic E-state index is 5.56. The quantitative estimate of drug-likeness (QED) is 0.686. The van der Waals surface area contributed by atoms with Crippen LogP contribution >= 0.6 is 0 Å². The van der Waals surface area contributed by atoms with Crippen molar-refractivity contribution in [1.82, 2.24) is 15.4 Å². The second kappa shape index (κ2) is 6.14. The lowest BCUT2D eigenvalue weighted by molar-refractivity contribution is 0.0825. The predicted molar refractivity (Wildman–Crippen MR) is 64.6 cm³/mol. The molecule has 2 rings (SSSR count). The van der Waals surface area contributed by atoms with Gasteiger partial charge in [-0.15, -0.1) is 0 Å². The van der Waals surface area contributed by atoms with Crippen molar-refractivity contribution in [2.45, 2.75) is 32.0 Å². The fourth-order valence-electron chi connectivity index (χ4n) is 1.77.